The maximum Gasteiger partial charge on any atom is 0.416 e. The molecule has 1 unspecified atom stereocenters. The molecule has 0 saturated carbocycles. The Morgan fingerprint density at radius 1 is 1.30 bits per heavy atom. The molecule has 3 nitrogen and oxygen atoms in total. The van der Waals surface area contributed by atoms with Crippen LogP contribution in [0.1, 0.15) is 37.9 Å². The average molecular weight is 288 g/mol. The summed E-state index contributed by atoms with van der Waals surface area (Å²) in [4.78, 5) is 11.2. The van der Waals surface area contributed by atoms with E-state index in [1.165, 1.54) is 12.1 Å². The van der Waals surface area contributed by atoms with Gasteiger partial charge in [0, 0.05) is 12.6 Å². The average Bonchev–Trinajstić information content (AvgIpc) is 2.35. The zero-order chi connectivity index (χ0) is 15.6. The number of rotatable bonds is 5. The Hall–Kier alpha value is -1.56. The molecule has 1 rings (SSSR count). The first-order valence-electron chi connectivity index (χ1n) is 6.25. The van der Waals surface area contributed by atoms with Crippen molar-refractivity contribution in [3.05, 3.63) is 35.4 Å². The van der Waals surface area contributed by atoms with Gasteiger partial charge in [-0.25, -0.2) is 0 Å². The van der Waals surface area contributed by atoms with Gasteiger partial charge in [-0.3, -0.25) is 4.79 Å². The topological polar surface area (TPSA) is 55.1 Å². The number of primary amides is 1. The number of carbonyl (C=O) groups excluding carboxylic acids is 1. The number of nitrogens with two attached hydrogens (primary N) is 1. The molecule has 0 aliphatic rings. The fourth-order valence-corrected chi connectivity index (χ4v) is 1.74. The molecule has 1 aromatic rings. The molecular formula is C14H19F3N2O. The van der Waals surface area contributed by atoms with E-state index >= 15 is 0 Å². The summed E-state index contributed by atoms with van der Waals surface area (Å²) in [6, 6.07) is 4.85. The molecule has 1 atom stereocenters. The van der Waals surface area contributed by atoms with Gasteiger partial charge in [0.25, 0.3) is 0 Å². The van der Waals surface area contributed by atoms with Crippen molar-refractivity contribution in [1.82, 2.24) is 5.32 Å². The van der Waals surface area contributed by atoms with Gasteiger partial charge in [0.05, 0.1) is 11.0 Å². The molecule has 0 spiro atoms. The highest BCUT2D eigenvalue weighted by molar-refractivity contribution is 5.80. The van der Waals surface area contributed by atoms with Gasteiger partial charge in [-0.2, -0.15) is 13.2 Å². The molecule has 0 bridgehead atoms. The smallest absolute Gasteiger partial charge is 0.369 e. The van der Waals surface area contributed by atoms with Gasteiger partial charge in [0.2, 0.25) is 5.91 Å². The van der Waals surface area contributed by atoms with Crippen LogP contribution >= 0.6 is 0 Å². The summed E-state index contributed by atoms with van der Waals surface area (Å²) in [5.74, 6) is -0.499. The van der Waals surface area contributed by atoms with E-state index in [2.05, 4.69) is 5.32 Å². The Morgan fingerprint density at radius 3 is 2.35 bits per heavy atom. The van der Waals surface area contributed by atoms with E-state index in [1.54, 1.807) is 26.8 Å². The Kier molecular flexibility index (Phi) is 4.81. The lowest BCUT2D eigenvalue weighted by Gasteiger charge is -2.25. The molecule has 0 fully saturated rings. The predicted octanol–water partition coefficient (Wildman–Crippen LogP) is 2.87. The number of amides is 1. The van der Waals surface area contributed by atoms with E-state index in [9.17, 15) is 18.0 Å². The second-order valence-electron chi connectivity index (χ2n) is 5.44. The summed E-state index contributed by atoms with van der Waals surface area (Å²) < 4.78 is 38.7. The van der Waals surface area contributed by atoms with Crippen LogP contribution in [0.4, 0.5) is 13.2 Å². The van der Waals surface area contributed by atoms with Crippen molar-refractivity contribution >= 4 is 5.91 Å². The minimum atomic E-state index is -4.40. The largest absolute Gasteiger partial charge is 0.416 e. The van der Waals surface area contributed by atoms with Crippen LogP contribution in [-0.2, 0) is 11.0 Å². The van der Waals surface area contributed by atoms with Gasteiger partial charge in [-0.1, -0.05) is 18.2 Å². The lowest BCUT2D eigenvalue weighted by molar-refractivity contribution is -0.138. The summed E-state index contributed by atoms with van der Waals surface area (Å²) in [5.41, 5.74) is 3.90. The van der Waals surface area contributed by atoms with Crippen LogP contribution in [-0.4, -0.2) is 12.5 Å². The fourth-order valence-electron chi connectivity index (χ4n) is 1.74. The number of alkyl halides is 3. The van der Waals surface area contributed by atoms with Crippen LogP contribution in [0.25, 0.3) is 0 Å². The monoisotopic (exact) mass is 288 g/mol. The van der Waals surface area contributed by atoms with E-state index in [1.807, 2.05) is 0 Å². The third kappa shape index (κ3) is 3.96. The van der Waals surface area contributed by atoms with Crippen molar-refractivity contribution in [2.24, 2.45) is 11.1 Å². The zero-order valence-electron chi connectivity index (χ0n) is 11.7. The predicted molar refractivity (Wildman–Crippen MR) is 70.8 cm³/mol. The SMILES string of the molecule is CC(NCC(C)(C)C(N)=O)c1ccccc1C(F)(F)F. The molecule has 0 heterocycles. The Labute approximate surface area is 116 Å². The lowest BCUT2D eigenvalue weighted by Crippen LogP contribution is -2.41. The van der Waals surface area contributed by atoms with E-state index < -0.39 is 29.1 Å². The molecule has 0 aliphatic heterocycles. The van der Waals surface area contributed by atoms with Crippen molar-refractivity contribution < 1.29 is 18.0 Å². The summed E-state index contributed by atoms with van der Waals surface area (Å²) in [6.07, 6.45) is -4.40. The highest BCUT2D eigenvalue weighted by Gasteiger charge is 2.34. The van der Waals surface area contributed by atoms with Crippen LogP contribution in [0.15, 0.2) is 24.3 Å². The molecule has 20 heavy (non-hydrogen) atoms. The molecule has 0 saturated heterocycles. The van der Waals surface area contributed by atoms with Gasteiger partial charge in [-0.15, -0.1) is 0 Å². The highest BCUT2D eigenvalue weighted by atomic mass is 19.4. The number of hydrogen-bond acceptors (Lipinski definition) is 2. The Balaban J connectivity index is 2.89. The van der Waals surface area contributed by atoms with Crippen molar-refractivity contribution in [2.75, 3.05) is 6.54 Å². The van der Waals surface area contributed by atoms with Gasteiger partial charge < -0.3 is 11.1 Å². The number of halogens is 3. The van der Waals surface area contributed by atoms with E-state index in [0.717, 1.165) is 6.07 Å². The molecule has 1 amide bonds. The maximum absolute atomic E-state index is 12.9. The van der Waals surface area contributed by atoms with Crippen LogP contribution in [0.3, 0.4) is 0 Å². The normalized spacial score (nSPS) is 14.1. The highest BCUT2D eigenvalue weighted by Crippen LogP contribution is 2.34. The molecule has 0 aromatic heterocycles. The summed E-state index contributed by atoms with van der Waals surface area (Å²) in [6.45, 7) is 5.12. The van der Waals surface area contributed by atoms with Crippen LogP contribution < -0.4 is 11.1 Å². The van der Waals surface area contributed by atoms with Gasteiger partial charge in [0.15, 0.2) is 0 Å². The molecule has 1 aromatic carbocycles. The number of carbonyl (C=O) groups is 1. The number of nitrogens with one attached hydrogen (secondary N) is 1. The van der Waals surface area contributed by atoms with E-state index in [0.29, 0.717) is 0 Å². The second-order valence-corrected chi connectivity index (χ2v) is 5.44. The van der Waals surface area contributed by atoms with Crippen LogP contribution in [0.2, 0.25) is 0 Å². The summed E-state index contributed by atoms with van der Waals surface area (Å²) in [7, 11) is 0. The fraction of sp³-hybridized carbons (Fsp3) is 0.500. The second kappa shape index (κ2) is 5.83. The first-order chi connectivity index (χ1) is 9.05. The van der Waals surface area contributed by atoms with Crippen molar-refractivity contribution in [2.45, 2.75) is 33.0 Å². The lowest BCUT2D eigenvalue weighted by atomic mass is 9.91. The standard InChI is InChI=1S/C14H19F3N2O/c1-9(19-8-13(2,3)12(18)20)10-6-4-5-7-11(10)14(15,16)17/h4-7,9,19H,8H2,1-3H3,(H2,18,20). The molecule has 112 valence electrons. The summed E-state index contributed by atoms with van der Waals surface area (Å²) in [5, 5.41) is 2.93. The van der Waals surface area contributed by atoms with E-state index in [-0.39, 0.29) is 12.1 Å². The quantitative estimate of drug-likeness (QED) is 0.875. The van der Waals surface area contributed by atoms with Crippen molar-refractivity contribution in [3.63, 3.8) is 0 Å². The number of hydrogen-bond donors (Lipinski definition) is 2. The zero-order valence-corrected chi connectivity index (χ0v) is 11.7. The maximum atomic E-state index is 12.9. The first kappa shape index (κ1) is 16.5. The van der Waals surface area contributed by atoms with Crippen molar-refractivity contribution in [3.8, 4) is 0 Å². The Morgan fingerprint density at radius 2 is 1.85 bits per heavy atom. The third-order valence-electron chi connectivity index (χ3n) is 3.25. The van der Waals surface area contributed by atoms with Gasteiger partial charge >= 0.3 is 6.18 Å². The molecule has 0 aliphatic carbocycles. The van der Waals surface area contributed by atoms with Crippen molar-refractivity contribution in [1.29, 1.82) is 0 Å². The molecular weight excluding hydrogens is 269 g/mol. The molecule has 6 heteroatoms. The summed E-state index contributed by atoms with van der Waals surface area (Å²) >= 11 is 0. The van der Waals surface area contributed by atoms with E-state index in [4.69, 9.17) is 5.73 Å². The number of benzene rings is 1. The first-order valence-corrected chi connectivity index (χ1v) is 6.25. The molecule has 3 N–H and O–H groups in total. The minimum absolute atomic E-state index is 0.153. The van der Waals surface area contributed by atoms with Gasteiger partial charge in [-0.05, 0) is 32.4 Å². The molecule has 0 radical (unpaired) electrons. The minimum Gasteiger partial charge on any atom is -0.369 e. The Bertz CT molecular complexity index is 484. The van der Waals surface area contributed by atoms with Crippen LogP contribution in [0.5, 0.6) is 0 Å². The van der Waals surface area contributed by atoms with Gasteiger partial charge in [0.1, 0.15) is 0 Å². The third-order valence-corrected chi connectivity index (χ3v) is 3.25. The van der Waals surface area contributed by atoms with Crippen LogP contribution in [0, 0.1) is 5.41 Å².